The molecular weight excluding hydrogens is 417 g/mol. The molecule has 0 spiro atoms. The van der Waals surface area contributed by atoms with Crippen LogP contribution >= 0.6 is 24.0 Å². The number of sulfone groups is 1. The second kappa shape index (κ2) is 9.31. The fraction of sp³-hybridized carbons (Fsp3) is 0.500. The summed E-state index contributed by atoms with van der Waals surface area (Å²) in [5.41, 5.74) is 6.65. The van der Waals surface area contributed by atoms with Gasteiger partial charge in [0.15, 0.2) is 15.8 Å². The Hall–Kier alpha value is -0.870. The lowest BCUT2D eigenvalue weighted by molar-refractivity contribution is 0.0674. The van der Waals surface area contributed by atoms with E-state index in [-0.39, 0.29) is 42.0 Å². The van der Waals surface area contributed by atoms with E-state index in [2.05, 4.69) is 4.99 Å². The van der Waals surface area contributed by atoms with Gasteiger partial charge in [0, 0.05) is 13.1 Å². The molecule has 8 heteroatoms. The zero-order valence-electron chi connectivity index (χ0n) is 12.3. The SMILES string of the molecule is I.NC(=NCCS(=O)(=O)Cc1ccccc1)N1CCOCC1. The molecule has 1 heterocycles. The third-order valence-corrected chi connectivity index (χ3v) is 4.82. The van der Waals surface area contributed by atoms with Gasteiger partial charge in [0.25, 0.3) is 0 Å². The van der Waals surface area contributed by atoms with Crippen molar-refractivity contribution in [2.24, 2.45) is 10.7 Å². The molecule has 1 aromatic rings. The van der Waals surface area contributed by atoms with Crippen molar-refractivity contribution in [3.63, 3.8) is 0 Å². The third-order valence-electron chi connectivity index (χ3n) is 3.24. The van der Waals surface area contributed by atoms with E-state index >= 15 is 0 Å². The third kappa shape index (κ3) is 6.49. The zero-order valence-corrected chi connectivity index (χ0v) is 15.5. The maximum atomic E-state index is 12.0. The number of morpholine rings is 1. The maximum absolute atomic E-state index is 12.0. The van der Waals surface area contributed by atoms with Gasteiger partial charge in [-0.3, -0.25) is 4.99 Å². The van der Waals surface area contributed by atoms with Crippen LogP contribution in [0.2, 0.25) is 0 Å². The summed E-state index contributed by atoms with van der Waals surface area (Å²) < 4.78 is 29.3. The highest BCUT2D eigenvalue weighted by Crippen LogP contribution is 2.06. The molecule has 0 radical (unpaired) electrons. The Bertz CT molecular complexity index is 572. The summed E-state index contributed by atoms with van der Waals surface area (Å²) >= 11 is 0. The van der Waals surface area contributed by atoms with Gasteiger partial charge in [0.05, 0.1) is 31.3 Å². The Balaban J connectivity index is 0.00000242. The molecule has 0 atom stereocenters. The van der Waals surface area contributed by atoms with Gasteiger partial charge in [-0.2, -0.15) is 0 Å². The minimum absolute atomic E-state index is 0. The Morgan fingerprint density at radius 1 is 1.23 bits per heavy atom. The molecule has 1 saturated heterocycles. The van der Waals surface area contributed by atoms with Crippen molar-refractivity contribution in [3.8, 4) is 0 Å². The Morgan fingerprint density at radius 2 is 1.86 bits per heavy atom. The van der Waals surface area contributed by atoms with Crippen LogP contribution in [0.15, 0.2) is 35.3 Å². The fourth-order valence-corrected chi connectivity index (χ4v) is 3.31. The van der Waals surface area contributed by atoms with E-state index in [9.17, 15) is 8.42 Å². The first-order valence-electron chi connectivity index (χ1n) is 6.94. The van der Waals surface area contributed by atoms with Gasteiger partial charge in [-0.25, -0.2) is 8.42 Å². The minimum atomic E-state index is -3.17. The fourth-order valence-electron chi connectivity index (χ4n) is 2.09. The molecule has 6 nitrogen and oxygen atoms in total. The molecule has 2 N–H and O–H groups in total. The van der Waals surface area contributed by atoms with E-state index < -0.39 is 9.84 Å². The van der Waals surface area contributed by atoms with Gasteiger partial charge in [0.1, 0.15) is 0 Å². The number of aliphatic imine (C=N–C) groups is 1. The van der Waals surface area contributed by atoms with E-state index in [0.29, 0.717) is 32.3 Å². The van der Waals surface area contributed by atoms with E-state index in [1.165, 1.54) is 0 Å². The first-order chi connectivity index (χ1) is 10.1. The quantitative estimate of drug-likeness (QED) is 0.418. The Morgan fingerprint density at radius 3 is 2.50 bits per heavy atom. The molecule has 0 bridgehead atoms. The van der Waals surface area contributed by atoms with Crippen LogP contribution in [-0.4, -0.2) is 57.9 Å². The number of hydrogen-bond acceptors (Lipinski definition) is 4. The van der Waals surface area contributed by atoms with Crippen LogP contribution in [0.25, 0.3) is 0 Å². The summed E-state index contributed by atoms with van der Waals surface area (Å²) in [4.78, 5) is 6.07. The molecule has 1 aromatic carbocycles. The van der Waals surface area contributed by atoms with Crippen molar-refractivity contribution < 1.29 is 13.2 Å². The molecule has 0 aromatic heterocycles. The second-order valence-electron chi connectivity index (χ2n) is 4.92. The number of ether oxygens (including phenoxy) is 1. The second-order valence-corrected chi connectivity index (χ2v) is 7.10. The average molecular weight is 439 g/mol. The summed E-state index contributed by atoms with van der Waals surface area (Å²) in [5, 5.41) is 0. The lowest BCUT2D eigenvalue weighted by atomic mass is 10.2. The first kappa shape index (κ1) is 19.2. The average Bonchev–Trinajstić information content (AvgIpc) is 2.48. The van der Waals surface area contributed by atoms with Gasteiger partial charge in [0.2, 0.25) is 0 Å². The molecule has 124 valence electrons. The van der Waals surface area contributed by atoms with E-state index in [0.717, 1.165) is 5.56 Å². The summed E-state index contributed by atoms with van der Waals surface area (Å²) in [5.74, 6) is 0.446. The summed E-state index contributed by atoms with van der Waals surface area (Å²) in [6, 6.07) is 9.15. The monoisotopic (exact) mass is 439 g/mol. The highest BCUT2D eigenvalue weighted by molar-refractivity contribution is 14.0. The molecule has 1 fully saturated rings. The van der Waals surface area contributed by atoms with Gasteiger partial charge in [-0.15, -0.1) is 24.0 Å². The normalized spacial score (nSPS) is 16.2. The van der Waals surface area contributed by atoms with Crippen molar-refractivity contribution in [3.05, 3.63) is 35.9 Å². The van der Waals surface area contributed by atoms with Crippen LogP contribution < -0.4 is 5.73 Å². The van der Waals surface area contributed by atoms with Crippen LogP contribution in [0, 0.1) is 0 Å². The number of guanidine groups is 1. The van der Waals surface area contributed by atoms with Crippen LogP contribution in [-0.2, 0) is 20.3 Å². The smallest absolute Gasteiger partial charge is 0.191 e. The van der Waals surface area contributed by atoms with Crippen LogP contribution in [0.1, 0.15) is 5.56 Å². The Kier molecular flexibility index (Phi) is 8.12. The standard InChI is InChI=1S/C14H21N3O3S.HI/c15-14(17-7-9-20-10-8-17)16-6-11-21(18,19)12-13-4-2-1-3-5-13;/h1-5H,6-12H2,(H2,15,16);1H. The molecule has 0 aliphatic carbocycles. The van der Waals surface area contributed by atoms with Crippen LogP contribution in [0.4, 0.5) is 0 Å². The number of nitrogens with two attached hydrogens (primary N) is 1. The number of halogens is 1. The lowest BCUT2D eigenvalue weighted by Crippen LogP contribution is -2.45. The molecule has 1 aliphatic heterocycles. The van der Waals surface area contributed by atoms with Crippen LogP contribution in [0.3, 0.4) is 0 Å². The highest BCUT2D eigenvalue weighted by Gasteiger charge is 2.14. The van der Waals surface area contributed by atoms with Crippen molar-refractivity contribution in [1.29, 1.82) is 0 Å². The van der Waals surface area contributed by atoms with E-state index in [4.69, 9.17) is 10.5 Å². The molecule has 22 heavy (non-hydrogen) atoms. The summed E-state index contributed by atoms with van der Waals surface area (Å²) in [6.45, 7) is 2.85. The predicted molar refractivity (Wildman–Crippen MR) is 98.2 cm³/mol. The van der Waals surface area contributed by atoms with Gasteiger partial charge in [-0.1, -0.05) is 30.3 Å². The van der Waals surface area contributed by atoms with Gasteiger partial charge in [-0.05, 0) is 5.56 Å². The number of rotatable bonds is 5. The van der Waals surface area contributed by atoms with E-state index in [1.807, 2.05) is 35.2 Å². The molecule has 0 amide bonds. The molecule has 0 unspecified atom stereocenters. The highest BCUT2D eigenvalue weighted by atomic mass is 127. The lowest BCUT2D eigenvalue weighted by Gasteiger charge is -2.27. The van der Waals surface area contributed by atoms with Gasteiger partial charge >= 0.3 is 0 Å². The molecule has 0 saturated carbocycles. The van der Waals surface area contributed by atoms with Crippen molar-refractivity contribution in [2.45, 2.75) is 5.75 Å². The number of hydrogen-bond donors (Lipinski definition) is 1. The summed E-state index contributed by atoms with van der Waals surface area (Å²) in [6.07, 6.45) is 0. The predicted octanol–water partition coefficient (Wildman–Crippen LogP) is 0.866. The molecular formula is C14H22IN3O3S. The largest absolute Gasteiger partial charge is 0.378 e. The first-order valence-corrected chi connectivity index (χ1v) is 8.76. The number of benzene rings is 1. The maximum Gasteiger partial charge on any atom is 0.191 e. The molecule has 2 rings (SSSR count). The Labute approximate surface area is 148 Å². The van der Waals surface area contributed by atoms with Crippen LogP contribution in [0.5, 0.6) is 0 Å². The topological polar surface area (TPSA) is 85.0 Å². The zero-order chi connectivity index (χ0) is 15.1. The van der Waals surface area contributed by atoms with Gasteiger partial charge < -0.3 is 15.4 Å². The molecule has 1 aliphatic rings. The number of nitrogens with zero attached hydrogens (tertiary/aromatic N) is 2. The summed E-state index contributed by atoms with van der Waals surface area (Å²) in [7, 11) is -3.17. The minimum Gasteiger partial charge on any atom is -0.378 e. The van der Waals surface area contributed by atoms with Crippen molar-refractivity contribution in [2.75, 3.05) is 38.6 Å². The van der Waals surface area contributed by atoms with Crippen molar-refractivity contribution >= 4 is 39.8 Å². The van der Waals surface area contributed by atoms with Crippen molar-refractivity contribution in [1.82, 2.24) is 4.90 Å². The van der Waals surface area contributed by atoms with E-state index in [1.54, 1.807) is 0 Å².